The van der Waals surface area contributed by atoms with Gasteiger partial charge in [0.25, 0.3) is 5.56 Å². The molecule has 3 aromatic heterocycles. The summed E-state index contributed by atoms with van der Waals surface area (Å²) in [5.74, 6) is 0. The summed E-state index contributed by atoms with van der Waals surface area (Å²) in [5.41, 5.74) is 1.31. The summed E-state index contributed by atoms with van der Waals surface area (Å²) in [7, 11) is 5.45. The molecule has 8 heteroatoms. The summed E-state index contributed by atoms with van der Waals surface area (Å²) in [5, 5.41) is 0. The number of nitrogens with zero attached hydrogens (tertiary/aromatic N) is 5. The van der Waals surface area contributed by atoms with E-state index >= 15 is 0 Å². The van der Waals surface area contributed by atoms with Crippen molar-refractivity contribution in [2.24, 2.45) is 14.1 Å². The Morgan fingerprint density at radius 2 is 2.04 bits per heavy atom. The van der Waals surface area contributed by atoms with Gasteiger partial charge >= 0.3 is 5.69 Å². The Balaban J connectivity index is 0.000000146. The van der Waals surface area contributed by atoms with Crippen molar-refractivity contribution in [2.75, 3.05) is 13.6 Å². The van der Waals surface area contributed by atoms with Gasteiger partial charge in [-0.3, -0.25) is 24.2 Å². The molecule has 4 rings (SSSR count). The van der Waals surface area contributed by atoms with Gasteiger partial charge in [0.2, 0.25) is 0 Å². The van der Waals surface area contributed by atoms with E-state index in [-0.39, 0.29) is 0 Å². The van der Waals surface area contributed by atoms with E-state index in [2.05, 4.69) is 33.0 Å². The molecule has 0 saturated carbocycles. The lowest BCUT2D eigenvalue weighted by Gasteiger charge is -2.18. The number of imidazole rings is 1. The number of hydrogen-bond donors (Lipinski definition) is 1. The van der Waals surface area contributed by atoms with Gasteiger partial charge in [0.15, 0.2) is 11.2 Å². The van der Waals surface area contributed by atoms with Crippen LogP contribution in [0.15, 0.2) is 40.4 Å². The number of fused-ring (bicyclic) bond motifs is 1. The van der Waals surface area contributed by atoms with Crippen LogP contribution < -0.4 is 11.2 Å². The lowest BCUT2D eigenvalue weighted by atomic mass is 10.1. The molecule has 0 aliphatic carbocycles. The van der Waals surface area contributed by atoms with Gasteiger partial charge < -0.3 is 4.57 Å². The molecular weight excluding hydrogens is 320 g/mol. The summed E-state index contributed by atoms with van der Waals surface area (Å²) < 4.78 is 2.88. The predicted molar refractivity (Wildman–Crippen MR) is 95.4 cm³/mol. The second-order valence-corrected chi connectivity index (χ2v) is 6.27. The van der Waals surface area contributed by atoms with E-state index < -0.39 is 11.2 Å². The first-order valence-corrected chi connectivity index (χ1v) is 8.19. The SMILES string of the molecule is CN1CCCC1c1cccnc1.Cn1cnc2c1c(=O)[nH]c(=O)n2C. The number of H-pyrrole nitrogens is 1. The average molecular weight is 342 g/mol. The second-order valence-electron chi connectivity index (χ2n) is 6.27. The second kappa shape index (κ2) is 7.02. The summed E-state index contributed by atoms with van der Waals surface area (Å²) >= 11 is 0. The summed E-state index contributed by atoms with van der Waals surface area (Å²) in [6.07, 6.45) is 7.91. The first-order valence-electron chi connectivity index (χ1n) is 8.19. The molecule has 0 spiro atoms. The number of nitrogens with one attached hydrogen (secondary N) is 1. The highest BCUT2D eigenvalue weighted by atomic mass is 16.2. The van der Waals surface area contributed by atoms with Crippen LogP contribution in [0.1, 0.15) is 24.4 Å². The van der Waals surface area contributed by atoms with Gasteiger partial charge in [-0.2, -0.15) is 0 Å². The molecule has 1 aliphatic heterocycles. The van der Waals surface area contributed by atoms with E-state index in [1.54, 1.807) is 18.7 Å². The van der Waals surface area contributed by atoms with Crippen molar-refractivity contribution >= 4 is 11.2 Å². The minimum Gasteiger partial charge on any atom is -0.328 e. The maximum Gasteiger partial charge on any atom is 0.329 e. The number of likely N-dealkylation sites (tertiary alicyclic amines) is 1. The van der Waals surface area contributed by atoms with Gasteiger partial charge in [-0.05, 0) is 38.1 Å². The lowest BCUT2D eigenvalue weighted by molar-refractivity contribution is 0.317. The monoisotopic (exact) mass is 342 g/mol. The molecule has 1 atom stereocenters. The van der Waals surface area contributed by atoms with Crippen LogP contribution in [-0.4, -0.2) is 42.6 Å². The van der Waals surface area contributed by atoms with E-state index in [1.165, 1.54) is 35.8 Å². The number of aromatic nitrogens is 5. The molecule has 8 nitrogen and oxygen atoms in total. The van der Waals surface area contributed by atoms with E-state index in [9.17, 15) is 9.59 Å². The van der Waals surface area contributed by atoms with Crippen molar-refractivity contribution < 1.29 is 0 Å². The minimum absolute atomic E-state index is 0.399. The van der Waals surface area contributed by atoms with E-state index in [0.29, 0.717) is 17.2 Å². The molecule has 132 valence electrons. The maximum atomic E-state index is 11.3. The van der Waals surface area contributed by atoms with Gasteiger partial charge in [0.1, 0.15) is 0 Å². The number of aryl methyl sites for hydroxylation is 2. The number of rotatable bonds is 1. The largest absolute Gasteiger partial charge is 0.329 e. The smallest absolute Gasteiger partial charge is 0.328 e. The zero-order valence-corrected chi connectivity index (χ0v) is 14.6. The van der Waals surface area contributed by atoms with Gasteiger partial charge in [-0.15, -0.1) is 0 Å². The standard InChI is InChI=1S/C10H14N2.C7H8N4O2/c1-12-7-3-5-10(12)9-4-2-6-11-8-9;1-10-3-8-5-4(10)6(12)9-7(13)11(5)2/h2,4,6,8,10H,3,5,7H2,1H3;3H,1-2H3,(H,9,12,13). The highest BCUT2D eigenvalue weighted by Gasteiger charge is 2.21. The lowest BCUT2D eigenvalue weighted by Crippen LogP contribution is -2.28. The van der Waals surface area contributed by atoms with Gasteiger partial charge in [0, 0.05) is 32.5 Å². The predicted octanol–water partition coefficient (Wildman–Crippen LogP) is 0.809. The molecule has 25 heavy (non-hydrogen) atoms. The van der Waals surface area contributed by atoms with E-state index in [4.69, 9.17) is 0 Å². The van der Waals surface area contributed by atoms with Crippen LogP contribution in [0.2, 0.25) is 0 Å². The fraction of sp³-hybridized carbons (Fsp3) is 0.412. The Kier molecular flexibility index (Phi) is 4.80. The first-order chi connectivity index (χ1) is 12.0. The van der Waals surface area contributed by atoms with Crippen LogP contribution in [-0.2, 0) is 14.1 Å². The molecule has 0 aromatic carbocycles. The highest BCUT2D eigenvalue weighted by Crippen LogP contribution is 2.29. The average Bonchev–Trinajstić information content (AvgIpc) is 3.20. The molecule has 1 fully saturated rings. The molecule has 1 aliphatic rings. The fourth-order valence-electron chi connectivity index (χ4n) is 3.17. The zero-order chi connectivity index (χ0) is 18.0. The molecule has 0 bridgehead atoms. The topological polar surface area (TPSA) is 88.8 Å². The molecule has 4 heterocycles. The summed E-state index contributed by atoms with van der Waals surface area (Å²) in [6.45, 7) is 1.22. The van der Waals surface area contributed by atoms with Gasteiger partial charge in [0.05, 0.1) is 6.33 Å². The van der Waals surface area contributed by atoms with Crippen molar-refractivity contribution in [1.82, 2.24) is 29.0 Å². The number of pyridine rings is 1. The molecule has 1 N–H and O–H groups in total. The molecule has 1 saturated heterocycles. The van der Waals surface area contributed by atoms with Gasteiger partial charge in [-0.1, -0.05) is 6.07 Å². The Bertz CT molecular complexity index is 972. The third kappa shape index (κ3) is 3.39. The normalized spacial score (nSPS) is 17.5. The molecule has 0 amide bonds. The Labute approximate surface area is 144 Å². The molecule has 1 unspecified atom stereocenters. The van der Waals surface area contributed by atoms with Crippen LogP contribution in [0.3, 0.4) is 0 Å². The first kappa shape index (κ1) is 17.1. The Morgan fingerprint density at radius 3 is 2.68 bits per heavy atom. The van der Waals surface area contributed by atoms with Crippen LogP contribution in [0.4, 0.5) is 0 Å². The van der Waals surface area contributed by atoms with Gasteiger partial charge in [-0.25, -0.2) is 9.78 Å². The zero-order valence-electron chi connectivity index (χ0n) is 14.6. The number of aromatic amines is 1. The summed E-state index contributed by atoms with van der Waals surface area (Å²) in [4.78, 5) is 35.1. The molecule has 3 aromatic rings. The summed E-state index contributed by atoms with van der Waals surface area (Å²) in [6, 6.07) is 4.79. The van der Waals surface area contributed by atoms with Crippen molar-refractivity contribution in [3.8, 4) is 0 Å². The van der Waals surface area contributed by atoms with E-state index in [0.717, 1.165) is 0 Å². The van der Waals surface area contributed by atoms with Crippen LogP contribution >= 0.6 is 0 Å². The number of hydrogen-bond acceptors (Lipinski definition) is 5. The molecule has 0 radical (unpaired) electrons. The Hall–Kier alpha value is -2.74. The third-order valence-electron chi connectivity index (χ3n) is 4.57. The third-order valence-corrected chi connectivity index (χ3v) is 4.57. The quantitative estimate of drug-likeness (QED) is 0.707. The Morgan fingerprint density at radius 1 is 1.24 bits per heavy atom. The van der Waals surface area contributed by atoms with Crippen molar-refractivity contribution in [3.05, 3.63) is 57.3 Å². The van der Waals surface area contributed by atoms with Crippen molar-refractivity contribution in [2.45, 2.75) is 18.9 Å². The van der Waals surface area contributed by atoms with Crippen LogP contribution in [0, 0.1) is 0 Å². The molecular formula is C17H22N6O2. The van der Waals surface area contributed by atoms with Crippen LogP contribution in [0.5, 0.6) is 0 Å². The van der Waals surface area contributed by atoms with E-state index in [1.807, 2.05) is 18.5 Å². The van der Waals surface area contributed by atoms with Crippen molar-refractivity contribution in [3.63, 3.8) is 0 Å². The fourth-order valence-corrected chi connectivity index (χ4v) is 3.17. The highest BCUT2D eigenvalue weighted by molar-refractivity contribution is 5.69. The maximum absolute atomic E-state index is 11.3. The van der Waals surface area contributed by atoms with Crippen LogP contribution in [0.25, 0.3) is 11.2 Å². The minimum atomic E-state index is -0.448. The van der Waals surface area contributed by atoms with Crippen molar-refractivity contribution in [1.29, 1.82) is 0 Å².